The number of nitrogens with zero attached hydrogens (tertiary/aromatic N) is 1. The van der Waals surface area contributed by atoms with Crippen LogP contribution in [-0.4, -0.2) is 29.0 Å². The minimum absolute atomic E-state index is 0.100. The van der Waals surface area contributed by atoms with Crippen LogP contribution < -0.4 is 0 Å². The Bertz CT molecular complexity index is 776. The van der Waals surface area contributed by atoms with Gasteiger partial charge in [0.2, 0.25) is 0 Å². The number of amides is 1. The maximum atomic E-state index is 13.2. The fourth-order valence-corrected chi connectivity index (χ4v) is 4.61. The molecule has 3 atom stereocenters. The van der Waals surface area contributed by atoms with Crippen molar-refractivity contribution in [3.05, 3.63) is 71.5 Å². The van der Waals surface area contributed by atoms with E-state index in [2.05, 4.69) is 0 Å². The normalized spacial score (nSPS) is 28.5. The first-order valence-electron chi connectivity index (χ1n) is 9.38. The number of benzene rings is 2. The van der Waals surface area contributed by atoms with Crippen LogP contribution in [0.3, 0.4) is 0 Å². The van der Waals surface area contributed by atoms with Gasteiger partial charge in [-0.25, -0.2) is 4.39 Å². The van der Waals surface area contributed by atoms with E-state index < -0.39 is 5.60 Å². The molecule has 4 rings (SSSR count). The number of piperidine rings is 1. The number of carbonyl (C=O) groups excluding carboxylic acids is 1. The molecule has 2 fully saturated rings. The van der Waals surface area contributed by atoms with Gasteiger partial charge in [-0.05, 0) is 67.3 Å². The molecule has 1 amide bonds. The highest BCUT2D eigenvalue weighted by Crippen LogP contribution is 2.46. The molecule has 1 saturated carbocycles. The predicted molar refractivity (Wildman–Crippen MR) is 98.1 cm³/mol. The number of halogens is 1. The molecule has 4 heteroatoms. The zero-order valence-electron chi connectivity index (χ0n) is 14.8. The van der Waals surface area contributed by atoms with E-state index in [1.54, 1.807) is 12.1 Å². The van der Waals surface area contributed by atoms with Crippen molar-refractivity contribution >= 4 is 5.91 Å². The molecule has 1 N–H and O–H groups in total. The molecule has 1 aliphatic heterocycles. The van der Waals surface area contributed by atoms with Crippen molar-refractivity contribution in [1.29, 1.82) is 0 Å². The molecule has 0 bridgehead atoms. The van der Waals surface area contributed by atoms with Crippen molar-refractivity contribution in [1.82, 2.24) is 4.90 Å². The van der Waals surface area contributed by atoms with Crippen LogP contribution >= 0.6 is 0 Å². The second kappa shape index (κ2) is 6.84. The fourth-order valence-electron chi connectivity index (χ4n) is 4.61. The average molecular weight is 353 g/mol. The molecule has 3 unspecified atom stereocenters. The van der Waals surface area contributed by atoms with Crippen molar-refractivity contribution in [2.75, 3.05) is 13.1 Å². The lowest BCUT2D eigenvalue weighted by molar-refractivity contribution is -0.0575. The zero-order chi connectivity index (χ0) is 18.1. The van der Waals surface area contributed by atoms with E-state index in [0.29, 0.717) is 24.7 Å². The lowest BCUT2D eigenvalue weighted by atomic mass is 9.66. The molecule has 0 radical (unpaired) electrons. The van der Waals surface area contributed by atoms with Gasteiger partial charge in [0, 0.05) is 18.7 Å². The van der Waals surface area contributed by atoms with Gasteiger partial charge in [0.15, 0.2) is 0 Å². The maximum absolute atomic E-state index is 13.2. The van der Waals surface area contributed by atoms with Crippen LogP contribution in [0.4, 0.5) is 4.39 Å². The number of rotatable bonds is 2. The summed E-state index contributed by atoms with van der Waals surface area (Å²) in [5, 5.41) is 11.1. The molecule has 1 aliphatic carbocycles. The Morgan fingerprint density at radius 2 is 1.77 bits per heavy atom. The summed E-state index contributed by atoms with van der Waals surface area (Å²) in [4.78, 5) is 14.7. The van der Waals surface area contributed by atoms with Gasteiger partial charge < -0.3 is 10.0 Å². The third-order valence-corrected chi connectivity index (χ3v) is 6.11. The molecule has 2 aliphatic rings. The molecule has 136 valence electrons. The van der Waals surface area contributed by atoms with Crippen LogP contribution in [-0.2, 0) is 5.60 Å². The summed E-state index contributed by atoms with van der Waals surface area (Å²) in [7, 11) is 0. The van der Waals surface area contributed by atoms with Crippen LogP contribution in [0.2, 0.25) is 0 Å². The lowest BCUT2D eigenvalue weighted by Gasteiger charge is -2.47. The summed E-state index contributed by atoms with van der Waals surface area (Å²) in [6.07, 6.45) is 3.15. The summed E-state index contributed by atoms with van der Waals surface area (Å²) < 4.78 is 13.2. The highest BCUT2D eigenvalue weighted by Gasteiger charge is 2.43. The van der Waals surface area contributed by atoms with Gasteiger partial charge in [0.1, 0.15) is 5.82 Å². The molecule has 0 spiro atoms. The van der Waals surface area contributed by atoms with Crippen LogP contribution in [0.1, 0.15) is 41.6 Å². The molecular weight excluding hydrogens is 329 g/mol. The Balaban J connectivity index is 1.44. The zero-order valence-corrected chi connectivity index (χ0v) is 14.8. The number of carbonyl (C=O) groups is 1. The van der Waals surface area contributed by atoms with Crippen LogP contribution in [0, 0.1) is 17.7 Å². The molecule has 3 nitrogen and oxygen atoms in total. The molecular formula is C22H24FNO2. The lowest BCUT2D eigenvalue weighted by Crippen LogP contribution is -2.48. The van der Waals surface area contributed by atoms with Gasteiger partial charge in [-0.3, -0.25) is 4.79 Å². The average Bonchev–Trinajstić information content (AvgIpc) is 2.68. The minimum Gasteiger partial charge on any atom is -0.385 e. The number of aliphatic hydroxyl groups is 1. The minimum atomic E-state index is -0.875. The van der Waals surface area contributed by atoms with Crippen LogP contribution in [0.5, 0.6) is 0 Å². The number of likely N-dealkylation sites (tertiary alicyclic amines) is 1. The van der Waals surface area contributed by atoms with E-state index in [1.165, 1.54) is 12.1 Å². The standard InChI is InChI=1S/C22H24FNO2/c23-20-8-6-19(7-9-20)22(26)12-10-18-15-24(13-11-17(18)14-22)21(25)16-4-2-1-3-5-16/h1-9,17-18,26H,10-15H2. The van der Waals surface area contributed by atoms with Gasteiger partial charge in [0.05, 0.1) is 5.60 Å². The van der Waals surface area contributed by atoms with Gasteiger partial charge >= 0.3 is 0 Å². The Labute approximate surface area is 153 Å². The van der Waals surface area contributed by atoms with E-state index in [4.69, 9.17) is 0 Å². The fraction of sp³-hybridized carbons (Fsp3) is 0.409. The molecule has 2 aromatic carbocycles. The largest absolute Gasteiger partial charge is 0.385 e. The Kier molecular flexibility index (Phi) is 4.53. The van der Waals surface area contributed by atoms with Crippen molar-refractivity contribution in [3.63, 3.8) is 0 Å². The Hall–Kier alpha value is -2.20. The summed E-state index contributed by atoms with van der Waals surface area (Å²) in [5.74, 6) is 0.651. The van der Waals surface area contributed by atoms with Gasteiger partial charge in [0.25, 0.3) is 5.91 Å². The molecule has 26 heavy (non-hydrogen) atoms. The Morgan fingerprint density at radius 1 is 1.04 bits per heavy atom. The van der Waals surface area contributed by atoms with E-state index in [9.17, 15) is 14.3 Å². The summed E-state index contributed by atoms with van der Waals surface area (Å²) in [5.41, 5.74) is 0.672. The summed E-state index contributed by atoms with van der Waals surface area (Å²) in [6, 6.07) is 15.7. The molecule has 1 saturated heterocycles. The van der Waals surface area contributed by atoms with Gasteiger partial charge in [-0.1, -0.05) is 30.3 Å². The first-order valence-corrected chi connectivity index (χ1v) is 9.38. The highest BCUT2D eigenvalue weighted by atomic mass is 19.1. The van der Waals surface area contributed by atoms with Gasteiger partial charge in [-0.15, -0.1) is 0 Å². The first kappa shape index (κ1) is 17.2. The van der Waals surface area contributed by atoms with Crippen molar-refractivity contribution in [2.24, 2.45) is 11.8 Å². The number of hydrogen-bond acceptors (Lipinski definition) is 2. The summed E-state index contributed by atoms with van der Waals surface area (Å²) in [6.45, 7) is 1.49. The third-order valence-electron chi connectivity index (χ3n) is 6.11. The molecule has 1 heterocycles. The predicted octanol–water partition coefficient (Wildman–Crippen LogP) is 3.98. The van der Waals surface area contributed by atoms with E-state index in [0.717, 1.165) is 37.1 Å². The maximum Gasteiger partial charge on any atom is 0.253 e. The topological polar surface area (TPSA) is 40.5 Å². The van der Waals surface area contributed by atoms with E-state index in [1.807, 2.05) is 35.2 Å². The monoisotopic (exact) mass is 353 g/mol. The highest BCUT2D eigenvalue weighted by molar-refractivity contribution is 5.94. The molecule has 2 aromatic rings. The van der Waals surface area contributed by atoms with Gasteiger partial charge in [-0.2, -0.15) is 0 Å². The van der Waals surface area contributed by atoms with Crippen LogP contribution in [0.15, 0.2) is 54.6 Å². The smallest absolute Gasteiger partial charge is 0.253 e. The second-order valence-electron chi connectivity index (χ2n) is 7.71. The third kappa shape index (κ3) is 3.26. The van der Waals surface area contributed by atoms with Crippen molar-refractivity contribution in [3.8, 4) is 0 Å². The van der Waals surface area contributed by atoms with Crippen molar-refractivity contribution < 1.29 is 14.3 Å². The molecule has 0 aromatic heterocycles. The SMILES string of the molecule is O=C(c1ccccc1)N1CCC2CC(O)(c3ccc(F)cc3)CCC2C1. The van der Waals surface area contributed by atoms with E-state index >= 15 is 0 Å². The van der Waals surface area contributed by atoms with Crippen LogP contribution in [0.25, 0.3) is 0 Å². The number of fused-ring (bicyclic) bond motifs is 1. The number of hydrogen-bond donors (Lipinski definition) is 1. The Morgan fingerprint density at radius 3 is 2.50 bits per heavy atom. The van der Waals surface area contributed by atoms with Crippen molar-refractivity contribution in [2.45, 2.75) is 31.3 Å². The first-order chi connectivity index (χ1) is 12.5. The quantitative estimate of drug-likeness (QED) is 0.887. The van der Waals surface area contributed by atoms with E-state index in [-0.39, 0.29) is 11.7 Å². The summed E-state index contributed by atoms with van der Waals surface area (Å²) >= 11 is 0. The second-order valence-corrected chi connectivity index (χ2v) is 7.71.